The standard InChI is InChI=1S/C20H14F3N3O3/c1-10(26-18(28)13-4-2-3-5-14(13)19(26)29)17(27)24-12-6-7-15-11(8-12)9-16(25-15)20(21,22)23/h2-10,25H,1H3,(H,24,27). The predicted octanol–water partition coefficient (Wildman–Crippen LogP) is 3.81. The second kappa shape index (κ2) is 6.47. The molecule has 6 nitrogen and oxygen atoms in total. The minimum atomic E-state index is -4.51. The van der Waals surface area contributed by atoms with Crippen molar-refractivity contribution >= 4 is 34.3 Å². The van der Waals surface area contributed by atoms with Crippen LogP contribution < -0.4 is 5.32 Å². The fraction of sp³-hybridized carbons (Fsp3) is 0.150. The maximum atomic E-state index is 12.8. The number of hydrogen-bond acceptors (Lipinski definition) is 3. The molecule has 2 heterocycles. The third kappa shape index (κ3) is 3.14. The van der Waals surface area contributed by atoms with E-state index in [2.05, 4.69) is 10.3 Å². The normalized spacial score (nSPS) is 15.0. The van der Waals surface area contributed by atoms with Crippen LogP contribution in [0.1, 0.15) is 33.3 Å². The molecule has 1 atom stereocenters. The average Bonchev–Trinajstić information content (AvgIpc) is 3.21. The summed E-state index contributed by atoms with van der Waals surface area (Å²) in [5, 5.41) is 2.81. The summed E-state index contributed by atoms with van der Waals surface area (Å²) in [4.78, 5) is 40.7. The van der Waals surface area contributed by atoms with Gasteiger partial charge < -0.3 is 10.3 Å². The van der Waals surface area contributed by atoms with E-state index in [1.807, 2.05) is 0 Å². The molecule has 9 heteroatoms. The van der Waals surface area contributed by atoms with Gasteiger partial charge in [0, 0.05) is 16.6 Å². The van der Waals surface area contributed by atoms with Crippen molar-refractivity contribution < 1.29 is 27.6 Å². The Hall–Kier alpha value is -3.62. The minimum absolute atomic E-state index is 0.227. The number of halogens is 3. The maximum Gasteiger partial charge on any atom is 0.431 e. The van der Waals surface area contributed by atoms with E-state index in [0.717, 1.165) is 11.0 Å². The smallest absolute Gasteiger partial charge is 0.351 e. The topological polar surface area (TPSA) is 82.3 Å². The van der Waals surface area contributed by atoms with Crippen molar-refractivity contribution in [2.45, 2.75) is 19.1 Å². The van der Waals surface area contributed by atoms with Crippen molar-refractivity contribution in [3.63, 3.8) is 0 Å². The van der Waals surface area contributed by atoms with Crippen molar-refractivity contribution in [2.75, 3.05) is 5.32 Å². The van der Waals surface area contributed by atoms with Crippen LogP contribution in [0.5, 0.6) is 0 Å². The van der Waals surface area contributed by atoms with E-state index < -0.39 is 35.6 Å². The number of carbonyl (C=O) groups is 3. The summed E-state index contributed by atoms with van der Waals surface area (Å²) in [6.07, 6.45) is -4.51. The molecular weight excluding hydrogens is 387 g/mol. The summed E-state index contributed by atoms with van der Waals surface area (Å²) in [6.45, 7) is 1.41. The molecule has 3 amide bonds. The number of amides is 3. The van der Waals surface area contributed by atoms with E-state index in [1.165, 1.54) is 37.3 Å². The molecule has 0 fully saturated rings. The zero-order valence-electron chi connectivity index (χ0n) is 15.0. The fourth-order valence-corrected chi connectivity index (χ4v) is 3.29. The molecule has 0 radical (unpaired) electrons. The number of aromatic amines is 1. The van der Waals surface area contributed by atoms with Crippen LogP contribution in [-0.4, -0.2) is 33.6 Å². The van der Waals surface area contributed by atoms with Crippen LogP contribution in [0.2, 0.25) is 0 Å². The number of aromatic nitrogens is 1. The SMILES string of the molecule is CC(C(=O)Nc1ccc2[nH]c(C(F)(F)F)cc2c1)N1C(=O)c2ccccc2C1=O. The number of nitrogens with zero attached hydrogens (tertiary/aromatic N) is 1. The van der Waals surface area contributed by atoms with Crippen molar-refractivity contribution in [1.29, 1.82) is 0 Å². The Morgan fingerprint density at radius 2 is 1.66 bits per heavy atom. The lowest BCUT2D eigenvalue weighted by molar-refractivity contribution is -0.140. The third-order valence-electron chi connectivity index (χ3n) is 4.79. The Morgan fingerprint density at radius 3 is 2.24 bits per heavy atom. The quantitative estimate of drug-likeness (QED) is 0.655. The average molecular weight is 401 g/mol. The molecule has 2 aromatic carbocycles. The first-order chi connectivity index (χ1) is 13.7. The predicted molar refractivity (Wildman–Crippen MR) is 98.3 cm³/mol. The molecule has 148 valence electrons. The zero-order valence-corrected chi connectivity index (χ0v) is 15.0. The highest BCUT2D eigenvalue weighted by molar-refractivity contribution is 6.23. The van der Waals surface area contributed by atoms with E-state index in [0.29, 0.717) is 0 Å². The molecule has 0 saturated carbocycles. The summed E-state index contributed by atoms with van der Waals surface area (Å²) in [5.41, 5.74) is 0.0777. The molecule has 1 unspecified atom stereocenters. The van der Waals surface area contributed by atoms with Crippen LogP contribution in [0.3, 0.4) is 0 Å². The van der Waals surface area contributed by atoms with Gasteiger partial charge in [0.15, 0.2) is 0 Å². The molecule has 2 N–H and O–H groups in total. The van der Waals surface area contributed by atoms with Crippen LogP contribution in [-0.2, 0) is 11.0 Å². The molecule has 1 aromatic heterocycles. The summed E-state index contributed by atoms with van der Waals surface area (Å²) in [6, 6.07) is 10.3. The van der Waals surface area contributed by atoms with Crippen LogP contribution >= 0.6 is 0 Å². The number of H-pyrrole nitrogens is 1. The van der Waals surface area contributed by atoms with Crippen molar-refractivity contribution in [1.82, 2.24) is 9.88 Å². The van der Waals surface area contributed by atoms with Crippen LogP contribution in [0.4, 0.5) is 18.9 Å². The maximum absolute atomic E-state index is 12.8. The van der Waals surface area contributed by atoms with Crippen molar-refractivity contribution in [2.24, 2.45) is 0 Å². The Labute approximate surface area is 162 Å². The van der Waals surface area contributed by atoms with Crippen LogP contribution in [0.15, 0.2) is 48.5 Å². The summed E-state index contributed by atoms with van der Waals surface area (Å²) < 4.78 is 38.5. The monoisotopic (exact) mass is 401 g/mol. The van der Waals surface area contributed by atoms with Gasteiger partial charge in [0.1, 0.15) is 11.7 Å². The number of anilines is 1. The van der Waals surface area contributed by atoms with Gasteiger partial charge in [-0.15, -0.1) is 0 Å². The Balaban J connectivity index is 1.55. The van der Waals surface area contributed by atoms with Gasteiger partial charge in [-0.05, 0) is 43.3 Å². The number of fused-ring (bicyclic) bond motifs is 2. The van der Waals surface area contributed by atoms with E-state index >= 15 is 0 Å². The Bertz CT molecular complexity index is 1130. The van der Waals surface area contributed by atoms with Gasteiger partial charge >= 0.3 is 6.18 Å². The van der Waals surface area contributed by atoms with Gasteiger partial charge in [0.05, 0.1) is 11.1 Å². The molecule has 1 aliphatic rings. The number of hydrogen-bond donors (Lipinski definition) is 2. The highest BCUT2D eigenvalue weighted by Gasteiger charge is 2.40. The van der Waals surface area contributed by atoms with Gasteiger partial charge in [-0.1, -0.05) is 12.1 Å². The lowest BCUT2D eigenvalue weighted by Crippen LogP contribution is -2.45. The van der Waals surface area contributed by atoms with E-state index in [9.17, 15) is 27.6 Å². The number of imide groups is 1. The highest BCUT2D eigenvalue weighted by atomic mass is 19.4. The first-order valence-electron chi connectivity index (χ1n) is 8.64. The first-order valence-corrected chi connectivity index (χ1v) is 8.64. The lowest BCUT2D eigenvalue weighted by atomic mass is 10.1. The molecule has 0 spiro atoms. The molecule has 0 aliphatic carbocycles. The molecule has 0 bridgehead atoms. The fourth-order valence-electron chi connectivity index (χ4n) is 3.29. The van der Waals surface area contributed by atoms with Gasteiger partial charge in [0.25, 0.3) is 11.8 Å². The highest BCUT2D eigenvalue weighted by Crippen LogP contribution is 2.32. The summed E-state index contributed by atoms with van der Waals surface area (Å²) in [5.74, 6) is -1.77. The van der Waals surface area contributed by atoms with E-state index in [1.54, 1.807) is 12.1 Å². The summed E-state index contributed by atoms with van der Waals surface area (Å²) in [7, 11) is 0. The van der Waals surface area contributed by atoms with Crippen molar-refractivity contribution in [3.8, 4) is 0 Å². The minimum Gasteiger partial charge on any atom is -0.351 e. The molecule has 4 rings (SSSR count). The van der Waals surface area contributed by atoms with Gasteiger partial charge in [-0.2, -0.15) is 13.2 Å². The van der Waals surface area contributed by atoms with Gasteiger partial charge in [-0.25, -0.2) is 0 Å². The van der Waals surface area contributed by atoms with Gasteiger partial charge in [0.2, 0.25) is 5.91 Å². The Morgan fingerprint density at radius 1 is 1.03 bits per heavy atom. The number of carbonyl (C=O) groups excluding carboxylic acids is 3. The number of benzene rings is 2. The lowest BCUT2D eigenvalue weighted by Gasteiger charge is -2.21. The molecule has 1 aliphatic heterocycles. The van der Waals surface area contributed by atoms with Crippen LogP contribution in [0.25, 0.3) is 10.9 Å². The molecule has 0 saturated heterocycles. The zero-order chi connectivity index (χ0) is 20.9. The van der Waals surface area contributed by atoms with Crippen LogP contribution in [0, 0.1) is 0 Å². The third-order valence-corrected chi connectivity index (χ3v) is 4.79. The number of rotatable bonds is 3. The van der Waals surface area contributed by atoms with Crippen molar-refractivity contribution in [3.05, 3.63) is 65.4 Å². The molecular formula is C20H14F3N3O3. The second-order valence-corrected chi connectivity index (χ2v) is 6.67. The van der Waals surface area contributed by atoms with E-state index in [-0.39, 0.29) is 27.7 Å². The van der Waals surface area contributed by atoms with E-state index in [4.69, 9.17) is 0 Å². The number of nitrogens with one attached hydrogen (secondary N) is 2. The summed E-state index contributed by atoms with van der Waals surface area (Å²) >= 11 is 0. The largest absolute Gasteiger partial charge is 0.431 e. The first kappa shape index (κ1) is 18.7. The second-order valence-electron chi connectivity index (χ2n) is 6.67. The molecule has 29 heavy (non-hydrogen) atoms. The van der Waals surface area contributed by atoms with Gasteiger partial charge in [-0.3, -0.25) is 19.3 Å². The molecule has 3 aromatic rings. The Kier molecular flexibility index (Phi) is 4.18. The number of alkyl halides is 3.